The summed E-state index contributed by atoms with van der Waals surface area (Å²) in [6.45, 7) is 1.86. The number of amides is 1. The van der Waals surface area contributed by atoms with Gasteiger partial charge in [0.05, 0.1) is 42.8 Å². The van der Waals surface area contributed by atoms with Gasteiger partial charge < -0.3 is 10.1 Å². The molecule has 0 spiro atoms. The molecule has 0 saturated carbocycles. The van der Waals surface area contributed by atoms with Crippen LogP contribution in [0.15, 0.2) is 61.6 Å². The van der Waals surface area contributed by atoms with Crippen molar-refractivity contribution in [1.29, 1.82) is 5.26 Å². The van der Waals surface area contributed by atoms with Crippen molar-refractivity contribution in [3.63, 3.8) is 0 Å². The Kier molecular flexibility index (Phi) is 5.46. The minimum atomic E-state index is -0.395. The van der Waals surface area contributed by atoms with E-state index in [0.29, 0.717) is 22.5 Å². The van der Waals surface area contributed by atoms with Crippen LogP contribution in [0.3, 0.4) is 0 Å². The lowest BCUT2D eigenvalue weighted by molar-refractivity contribution is 0.236. The van der Waals surface area contributed by atoms with Crippen molar-refractivity contribution in [2.24, 2.45) is 7.05 Å². The van der Waals surface area contributed by atoms with E-state index in [9.17, 15) is 10.1 Å². The number of ether oxygens (including phenoxy) is 1. The van der Waals surface area contributed by atoms with Crippen molar-refractivity contribution in [3.05, 3.63) is 72.7 Å². The Balaban J connectivity index is 1.47. The van der Waals surface area contributed by atoms with E-state index in [0.717, 1.165) is 22.3 Å². The zero-order valence-electron chi connectivity index (χ0n) is 19.2. The molecule has 1 N–H and O–H groups in total. The average Bonchev–Trinajstić information content (AvgIpc) is 3.63. The molecule has 0 unspecified atom stereocenters. The summed E-state index contributed by atoms with van der Waals surface area (Å²) in [5, 5.41) is 25.4. The van der Waals surface area contributed by atoms with Gasteiger partial charge in [0.1, 0.15) is 6.07 Å². The summed E-state index contributed by atoms with van der Waals surface area (Å²) in [4.78, 5) is 17.1. The third kappa shape index (κ3) is 4.08. The van der Waals surface area contributed by atoms with Crippen molar-refractivity contribution in [2.75, 3.05) is 7.11 Å². The Morgan fingerprint density at radius 1 is 1.06 bits per heavy atom. The number of aromatic nitrogens is 7. The van der Waals surface area contributed by atoms with Crippen LogP contribution in [0.1, 0.15) is 24.1 Å². The summed E-state index contributed by atoms with van der Waals surface area (Å²) >= 11 is 0. The van der Waals surface area contributed by atoms with E-state index >= 15 is 0 Å². The van der Waals surface area contributed by atoms with E-state index in [4.69, 9.17) is 4.74 Å². The largest absolute Gasteiger partial charge is 0.481 e. The van der Waals surface area contributed by atoms with Gasteiger partial charge in [-0.2, -0.15) is 25.2 Å². The molecule has 0 radical (unpaired) electrons. The molecule has 0 aliphatic heterocycles. The highest BCUT2D eigenvalue weighted by Gasteiger charge is 2.18. The molecule has 0 aromatic carbocycles. The molecule has 5 rings (SSSR count). The fraction of sp³-hybridized carbons (Fsp3) is 0.167. The van der Waals surface area contributed by atoms with Crippen molar-refractivity contribution >= 4 is 11.5 Å². The summed E-state index contributed by atoms with van der Waals surface area (Å²) in [7, 11) is 3.39. The normalized spacial score (nSPS) is 11.8. The first-order chi connectivity index (χ1) is 17.0. The molecule has 1 atom stereocenters. The maximum atomic E-state index is 12.9. The molecule has 5 aromatic rings. The van der Waals surface area contributed by atoms with Gasteiger partial charge in [0.15, 0.2) is 0 Å². The van der Waals surface area contributed by atoms with E-state index in [1.807, 2.05) is 38.5 Å². The molecular formula is C24H21N9O2. The van der Waals surface area contributed by atoms with Gasteiger partial charge >= 0.3 is 6.03 Å². The van der Waals surface area contributed by atoms with E-state index in [1.54, 1.807) is 47.2 Å². The number of carbonyl (C=O) groups excluding carboxylic acids is 1. The lowest BCUT2D eigenvalue weighted by Crippen LogP contribution is -2.31. The highest BCUT2D eigenvalue weighted by Crippen LogP contribution is 2.31. The zero-order chi connectivity index (χ0) is 24.5. The van der Waals surface area contributed by atoms with E-state index in [-0.39, 0.29) is 6.04 Å². The van der Waals surface area contributed by atoms with Gasteiger partial charge in [0, 0.05) is 60.2 Å². The van der Waals surface area contributed by atoms with Gasteiger partial charge in [-0.15, -0.1) is 0 Å². The van der Waals surface area contributed by atoms with Gasteiger partial charge in [-0.05, 0) is 18.6 Å². The topological polar surface area (TPSA) is 128 Å². The second-order valence-corrected chi connectivity index (χ2v) is 7.99. The lowest BCUT2D eigenvalue weighted by atomic mass is 10.0. The summed E-state index contributed by atoms with van der Waals surface area (Å²) in [6, 6.07) is 7.02. The molecule has 5 heterocycles. The fourth-order valence-corrected chi connectivity index (χ4v) is 3.83. The minimum absolute atomic E-state index is 0.297. The molecule has 0 aliphatic carbocycles. The third-order valence-corrected chi connectivity index (χ3v) is 5.68. The predicted octanol–water partition coefficient (Wildman–Crippen LogP) is 3.19. The molecule has 174 valence electrons. The lowest BCUT2D eigenvalue weighted by Gasteiger charge is -2.14. The Labute approximate surface area is 200 Å². The zero-order valence-corrected chi connectivity index (χ0v) is 19.2. The first kappa shape index (κ1) is 21.8. The van der Waals surface area contributed by atoms with Crippen LogP contribution in [0, 0.1) is 11.3 Å². The monoisotopic (exact) mass is 467 g/mol. The van der Waals surface area contributed by atoms with Crippen molar-refractivity contribution in [3.8, 4) is 34.2 Å². The number of aryl methyl sites for hydroxylation is 1. The van der Waals surface area contributed by atoms with Crippen LogP contribution in [-0.2, 0) is 7.05 Å². The maximum absolute atomic E-state index is 12.9. The maximum Gasteiger partial charge on any atom is 0.342 e. The number of rotatable bonds is 5. The predicted molar refractivity (Wildman–Crippen MR) is 126 cm³/mol. The molecule has 5 aromatic heterocycles. The first-order valence-electron chi connectivity index (χ1n) is 10.7. The Morgan fingerprint density at radius 2 is 1.89 bits per heavy atom. The van der Waals surface area contributed by atoms with E-state index < -0.39 is 6.03 Å². The molecule has 1 amide bonds. The second kappa shape index (κ2) is 8.75. The fourth-order valence-electron chi connectivity index (χ4n) is 3.83. The van der Waals surface area contributed by atoms with Gasteiger partial charge in [0.2, 0.25) is 5.88 Å². The van der Waals surface area contributed by atoms with Crippen molar-refractivity contribution in [1.82, 2.24) is 39.5 Å². The van der Waals surface area contributed by atoms with Crippen molar-refractivity contribution < 1.29 is 9.53 Å². The molecule has 0 saturated heterocycles. The Hall–Kier alpha value is -4.98. The number of hydrogen-bond acceptors (Lipinski definition) is 7. The summed E-state index contributed by atoms with van der Waals surface area (Å²) in [5.41, 5.74) is 5.06. The SMILES string of the molecule is COc1ccc([C@@H](C)NC(=O)n2cc(-c3cc(-c4cnn(C)c4)cn4ncc(C#N)c34)cn2)cn1. The molecule has 35 heavy (non-hydrogen) atoms. The Morgan fingerprint density at radius 3 is 2.57 bits per heavy atom. The molecule has 0 fully saturated rings. The van der Waals surface area contributed by atoms with E-state index in [2.05, 4.69) is 31.7 Å². The number of methoxy groups -OCH3 is 1. The number of nitriles is 1. The van der Waals surface area contributed by atoms with Crippen LogP contribution in [0.25, 0.3) is 27.8 Å². The molecular weight excluding hydrogens is 446 g/mol. The minimum Gasteiger partial charge on any atom is -0.481 e. The average molecular weight is 467 g/mol. The number of pyridine rings is 2. The molecule has 11 heteroatoms. The first-order valence-corrected chi connectivity index (χ1v) is 10.7. The summed E-state index contributed by atoms with van der Waals surface area (Å²) < 4.78 is 9.69. The quantitative estimate of drug-likeness (QED) is 0.420. The van der Waals surface area contributed by atoms with Crippen molar-refractivity contribution in [2.45, 2.75) is 13.0 Å². The van der Waals surface area contributed by atoms with Crippen LogP contribution in [-0.4, -0.2) is 47.3 Å². The molecule has 0 bridgehead atoms. The van der Waals surface area contributed by atoms with Gasteiger partial charge in [-0.3, -0.25) is 4.68 Å². The van der Waals surface area contributed by atoms with Crippen LogP contribution >= 0.6 is 0 Å². The highest BCUT2D eigenvalue weighted by molar-refractivity contribution is 5.88. The smallest absolute Gasteiger partial charge is 0.342 e. The Bertz CT molecular complexity index is 1570. The summed E-state index contributed by atoms with van der Waals surface area (Å²) in [6.07, 6.45) is 11.9. The van der Waals surface area contributed by atoms with Gasteiger partial charge in [0.25, 0.3) is 0 Å². The number of nitrogens with zero attached hydrogens (tertiary/aromatic N) is 8. The third-order valence-electron chi connectivity index (χ3n) is 5.68. The second-order valence-electron chi connectivity index (χ2n) is 7.99. The number of carbonyl (C=O) groups is 1. The van der Waals surface area contributed by atoms with Crippen LogP contribution in [0.4, 0.5) is 4.79 Å². The standard InChI is InChI=1S/C24H21N9O2/c1-15(16-4-5-22(35-3)26-8-16)30-24(34)33-14-20(11-29-33)21-6-17(19-10-27-31(2)12-19)13-32-23(21)18(7-25)9-28-32/h4-6,8-15H,1-3H3,(H,30,34)/t15-/m1/s1. The molecule has 11 nitrogen and oxygen atoms in total. The van der Waals surface area contributed by atoms with Crippen LogP contribution < -0.4 is 10.1 Å². The van der Waals surface area contributed by atoms with Crippen LogP contribution in [0.5, 0.6) is 5.88 Å². The van der Waals surface area contributed by atoms with E-state index in [1.165, 1.54) is 10.9 Å². The summed E-state index contributed by atoms with van der Waals surface area (Å²) in [5.74, 6) is 0.500. The van der Waals surface area contributed by atoms with Gasteiger partial charge in [-0.1, -0.05) is 6.07 Å². The number of fused-ring (bicyclic) bond motifs is 1. The van der Waals surface area contributed by atoms with Crippen LogP contribution in [0.2, 0.25) is 0 Å². The number of nitrogens with one attached hydrogen (secondary N) is 1. The number of hydrogen-bond donors (Lipinski definition) is 1. The molecule has 0 aliphatic rings. The van der Waals surface area contributed by atoms with Gasteiger partial charge in [-0.25, -0.2) is 14.3 Å². The highest BCUT2D eigenvalue weighted by atomic mass is 16.5.